The predicted molar refractivity (Wildman–Crippen MR) is 114 cm³/mol. The molecule has 31 heavy (non-hydrogen) atoms. The molecular formula is C23H22FN3O4. The SMILES string of the molecule is CC(C)(C)NC(=O)NC(=O)COC(=O)c1cc(-c2ccc(F)cc2)nc2ccccc12. The topological polar surface area (TPSA) is 97.4 Å². The maximum Gasteiger partial charge on any atom is 0.339 e. The van der Waals surface area contributed by atoms with Crippen LogP contribution in [0.3, 0.4) is 0 Å². The van der Waals surface area contributed by atoms with Crippen LogP contribution in [0.1, 0.15) is 31.1 Å². The van der Waals surface area contributed by atoms with Crippen LogP contribution in [0.5, 0.6) is 0 Å². The number of hydrogen-bond acceptors (Lipinski definition) is 5. The van der Waals surface area contributed by atoms with E-state index in [1.807, 2.05) is 0 Å². The lowest BCUT2D eigenvalue weighted by Crippen LogP contribution is -2.49. The molecule has 0 unspecified atom stereocenters. The van der Waals surface area contributed by atoms with E-state index in [-0.39, 0.29) is 11.4 Å². The first-order chi connectivity index (χ1) is 14.6. The quantitative estimate of drug-likeness (QED) is 0.622. The third kappa shape index (κ3) is 5.85. The Kier molecular flexibility index (Phi) is 6.29. The van der Waals surface area contributed by atoms with Gasteiger partial charge in [-0.15, -0.1) is 0 Å². The van der Waals surface area contributed by atoms with Gasteiger partial charge in [-0.05, 0) is 57.2 Å². The van der Waals surface area contributed by atoms with Crippen molar-refractivity contribution in [1.82, 2.24) is 15.6 Å². The Bertz CT molecular complexity index is 1140. The second kappa shape index (κ2) is 8.91. The third-order valence-electron chi connectivity index (χ3n) is 4.15. The van der Waals surface area contributed by atoms with Gasteiger partial charge in [-0.1, -0.05) is 18.2 Å². The number of rotatable bonds is 4. The summed E-state index contributed by atoms with van der Waals surface area (Å²) in [6, 6.07) is 13.6. The van der Waals surface area contributed by atoms with Crippen molar-refractivity contribution >= 4 is 28.8 Å². The normalized spacial score (nSPS) is 11.1. The van der Waals surface area contributed by atoms with Gasteiger partial charge < -0.3 is 10.1 Å². The van der Waals surface area contributed by atoms with Gasteiger partial charge in [0.15, 0.2) is 6.61 Å². The molecule has 2 N–H and O–H groups in total. The number of hydrogen-bond donors (Lipinski definition) is 2. The van der Waals surface area contributed by atoms with Gasteiger partial charge in [0.05, 0.1) is 16.8 Å². The molecule has 0 saturated carbocycles. The monoisotopic (exact) mass is 423 g/mol. The smallest absolute Gasteiger partial charge is 0.339 e. The number of carbonyl (C=O) groups excluding carboxylic acids is 3. The molecule has 0 fully saturated rings. The minimum atomic E-state index is -0.757. The minimum Gasteiger partial charge on any atom is -0.452 e. The van der Waals surface area contributed by atoms with E-state index < -0.39 is 30.1 Å². The maximum absolute atomic E-state index is 13.3. The molecule has 0 bridgehead atoms. The van der Waals surface area contributed by atoms with Gasteiger partial charge in [-0.2, -0.15) is 0 Å². The lowest BCUT2D eigenvalue weighted by molar-refractivity contribution is -0.123. The van der Waals surface area contributed by atoms with Crippen LogP contribution in [0.2, 0.25) is 0 Å². The number of urea groups is 1. The van der Waals surface area contributed by atoms with Crippen LogP contribution in [-0.2, 0) is 9.53 Å². The van der Waals surface area contributed by atoms with Gasteiger partial charge in [-0.3, -0.25) is 10.1 Å². The van der Waals surface area contributed by atoms with Gasteiger partial charge in [0, 0.05) is 16.5 Å². The van der Waals surface area contributed by atoms with Gasteiger partial charge in [0.25, 0.3) is 5.91 Å². The Balaban J connectivity index is 1.79. The van der Waals surface area contributed by atoms with Crippen LogP contribution in [0.25, 0.3) is 22.2 Å². The second-order valence-corrected chi connectivity index (χ2v) is 7.91. The number of amides is 3. The highest BCUT2D eigenvalue weighted by Crippen LogP contribution is 2.25. The third-order valence-corrected chi connectivity index (χ3v) is 4.15. The molecule has 8 heteroatoms. The van der Waals surface area contributed by atoms with Crippen LogP contribution < -0.4 is 10.6 Å². The highest BCUT2D eigenvalue weighted by molar-refractivity contribution is 6.05. The van der Waals surface area contributed by atoms with Crippen molar-refractivity contribution in [2.45, 2.75) is 26.3 Å². The molecule has 0 spiro atoms. The van der Waals surface area contributed by atoms with E-state index in [0.29, 0.717) is 22.2 Å². The Morgan fingerprint density at radius 2 is 1.71 bits per heavy atom. The zero-order valence-corrected chi connectivity index (χ0v) is 17.4. The average Bonchev–Trinajstić information content (AvgIpc) is 2.70. The summed E-state index contributed by atoms with van der Waals surface area (Å²) in [5.41, 5.74) is 1.31. The van der Waals surface area contributed by atoms with Crippen LogP contribution in [-0.4, -0.2) is 35.0 Å². The van der Waals surface area contributed by atoms with Crippen LogP contribution in [0.4, 0.5) is 9.18 Å². The summed E-state index contributed by atoms with van der Waals surface area (Å²) >= 11 is 0. The van der Waals surface area contributed by atoms with Crippen LogP contribution in [0.15, 0.2) is 54.6 Å². The van der Waals surface area contributed by atoms with Crippen LogP contribution >= 0.6 is 0 Å². The first-order valence-corrected chi connectivity index (χ1v) is 9.57. The summed E-state index contributed by atoms with van der Waals surface area (Å²) in [5.74, 6) is -1.88. The Morgan fingerprint density at radius 3 is 2.39 bits per heavy atom. The number of esters is 1. The molecule has 0 saturated heterocycles. The van der Waals surface area contributed by atoms with E-state index >= 15 is 0 Å². The number of benzene rings is 2. The maximum atomic E-state index is 13.3. The lowest BCUT2D eigenvalue weighted by atomic mass is 10.0. The molecule has 160 valence electrons. The number of nitrogens with zero attached hydrogens (tertiary/aromatic N) is 1. The number of aromatic nitrogens is 1. The Hall–Kier alpha value is -3.81. The Morgan fingerprint density at radius 1 is 1.03 bits per heavy atom. The number of nitrogens with one attached hydrogen (secondary N) is 2. The van der Waals surface area contributed by atoms with Gasteiger partial charge in [0.1, 0.15) is 5.82 Å². The molecule has 3 amide bonds. The number of fused-ring (bicyclic) bond motifs is 1. The fourth-order valence-corrected chi connectivity index (χ4v) is 2.86. The van der Waals surface area contributed by atoms with E-state index in [9.17, 15) is 18.8 Å². The molecule has 0 aliphatic heterocycles. The molecule has 0 radical (unpaired) electrons. The molecule has 0 aliphatic rings. The molecule has 2 aromatic carbocycles. The molecule has 1 heterocycles. The number of pyridine rings is 1. The molecule has 7 nitrogen and oxygen atoms in total. The molecule has 0 aliphatic carbocycles. The Labute approximate surface area is 178 Å². The second-order valence-electron chi connectivity index (χ2n) is 7.91. The van der Waals surface area contributed by atoms with E-state index in [4.69, 9.17) is 4.74 Å². The van der Waals surface area contributed by atoms with Gasteiger partial charge in [-0.25, -0.2) is 19.0 Å². The molecule has 1 aromatic heterocycles. The number of imide groups is 1. The molecule has 3 aromatic rings. The number of carbonyl (C=O) groups is 3. The fourth-order valence-electron chi connectivity index (χ4n) is 2.86. The van der Waals surface area contributed by atoms with Crippen molar-refractivity contribution in [3.63, 3.8) is 0 Å². The predicted octanol–water partition coefficient (Wildman–Crippen LogP) is 3.82. The van der Waals surface area contributed by atoms with Crippen molar-refractivity contribution in [2.75, 3.05) is 6.61 Å². The first kappa shape index (κ1) is 21.9. The van der Waals surface area contributed by atoms with E-state index in [1.165, 1.54) is 18.2 Å². The zero-order valence-electron chi connectivity index (χ0n) is 17.4. The molecule has 3 rings (SSSR count). The number of ether oxygens (including phenoxy) is 1. The van der Waals surface area contributed by atoms with E-state index in [1.54, 1.807) is 57.2 Å². The van der Waals surface area contributed by atoms with Crippen molar-refractivity contribution < 1.29 is 23.5 Å². The largest absolute Gasteiger partial charge is 0.452 e. The molecule has 0 atom stereocenters. The summed E-state index contributed by atoms with van der Waals surface area (Å²) < 4.78 is 18.4. The summed E-state index contributed by atoms with van der Waals surface area (Å²) in [4.78, 5) is 41.0. The number of para-hydroxylation sites is 1. The van der Waals surface area contributed by atoms with E-state index in [0.717, 1.165) is 0 Å². The number of halogens is 1. The highest BCUT2D eigenvalue weighted by Gasteiger charge is 2.19. The standard InChI is InChI=1S/C23H22FN3O4/c1-23(2,3)27-22(30)26-20(28)13-31-21(29)17-12-19(14-8-10-15(24)11-9-14)25-18-7-5-4-6-16(17)18/h4-12H,13H2,1-3H3,(H2,26,27,28,30). The fraction of sp³-hybridized carbons (Fsp3) is 0.217. The van der Waals surface area contributed by atoms with E-state index in [2.05, 4.69) is 15.6 Å². The summed E-state index contributed by atoms with van der Waals surface area (Å²) in [6.07, 6.45) is 0. The zero-order chi connectivity index (χ0) is 22.6. The van der Waals surface area contributed by atoms with Crippen molar-refractivity contribution in [2.24, 2.45) is 0 Å². The van der Waals surface area contributed by atoms with Gasteiger partial charge >= 0.3 is 12.0 Å². The lowest BCUT2D eigenvalue weighted by Gasteiger charge is -2.20. The van der Waals surface area contributed by atoms with Crippen molar-refractivity contribution in [1.29, 1.82) is 0 Å². The molecular weight excluding hydrogens is 401 g/mol. The van der Waals surface area contributed by atoms with Gasteiger partial charge in [0.2, 0.25) is 0 Å². The summed E-state index contributed by atoms with van der Waals surface area (Å²) in [7, 11) is 0. The van der Waals surface area contributed by atoms with Crippen LogP contribution in [0, 0.1) is 5.82 Å². The van der Waals surface area contributed by atoms with Crippen molar-refractivity contribution in [3.8, 4) is 11.3 Å². The average molecular weight is 423 g/mol. The summed E-state index contributed by atoms with van der Waals surface area (Å²) in [6.45, 7) is 4.68. The first-order valence-electron chi connectivity index (χ1n) is 9.57. The highest BCUT2D eigenvalue weighted by atomic mass is 19.1. The minimum absolute atomic E-state index is 0.205. The van der Waals surface area contributed by atoms with Crippen molar-refractivity contribution in [3.05, 3.63) is 66.0 Å². The summed E-state index contributed by atoms with van der Waals surface area (Å²) in [5, 5.41) is 5.23.